The summed E-state index contributed by atoms with van der Waals surface area (Å²) in [7, 11) is 0. The summed E-state index contributed by atoms with van der Waals surface area (Å²) in [6.45, 7) is 5.28. The number of carboxylic acid groups (broad SMARTS) is 1. The van der Waals surface area contributed by atoms with Crippen molar-refractivity contribution in [2.24, 2.45) is 5.73 Å². The van der Waals surface area contributed by atoms with E-state index < -0.39 is 40.9 Å². The molecule has 1 aliphatic rings. The fraction of sp³-hybridized carbons (Fsp3) is 0.452. The number of ether oxygens (including phenoxy) is 1. The predicted molar refractivity (Wildman–Crippen MR) is 167 cm³/mol. The van der Waals surface area contributed by atoms with Gasteiger partial charge < -0.3 is 15.6 Å². The zero-order valence-corrected chi connectivity index (χ0v) is 26.4. The molecule has 0 aromatic heterocycles. The molecule has 234 valence electrons. The van der Waals surface area contributed by atoms with Crippen molar-refractivity contribution in [2.45, 2.75) is 75.7 Å². The number of nitrogens with two attached hydrogens (primary N) is 1. The van der Waals surface area contributed by atoms with Crippen molar-refractivity contribution in [2.75, 3.05) is 18.1 Å². The second kappa shape index (κ2) is 17.4. The van der Waals surface area contributed by atoms with Gasteiger partial charge in [0.15, 0.2) is 0 Å². The first-order valence-corrected chi connectivity index (χ1v) is 15.1. The molecule has 0 saturated heterocycles. The molecule has 2 atom stereocenters. The first kappa shape index (κ1) is 35.4. The van der Waals surface area contributed by atoms with E-state index in [0.717, 1.165) is 11.1 Å². The Morgan fingerprint density at radius 3 is 2.28 bits per heavy atom. The van der Waals surface area contributed by atoms with Gasteiger partial charge in [-0.15, -0.1) is 0 Å². The molecule has 3 rings (SSSR count). The highest BCUT2D eigenvalue weighted by Gasteiger charge is 2.35. The number of para-hydroxylation sites is 1. The summed E-state index contributed by atoms with van der Waals surface area (Å²) in [6.07, 6.45) is 3.41. The third-order valence-electron chi connectivity index (χ3n) is 7.14. The normalized spacial score (nSPS) is 15.2. The lowest BCUT2D eigenvalue weighted by molar-refractivity contribution is -0.146. The summed E-state index contributed by atoms with van der Waals surface area (Å²) in [5.74, 6) is -2.21. The lowest BCUT2D eigenvalue weighted by Crippen LogP contribution is -2.53. The van der Waals surface area contributed by atoms with E-state index >= 15 is 0 Å². The van der Waals surface area contributed by atoms with Crippen molar-refractivity contribution in [3.8, 4) is 0 Å². The molecule has 0 saturated carbocycles. The summed E-state index contributed by atoms with van der Waals surface area (Å²) < 4.78 is 4.57. The predicted octanol–water partition coefficient (Wildman–Crippen LogP) is 3.71. The van der Waals surface area contributed by atoms with Crippen LogP contribution in [0.5, 0.6) is 0 Å². The number of anilines is 1. The second-order valence-corrected chi connectivity index (χ2v) is 11.5. The minimum absolute atomic E-state index is 0.248. The SMILES string of the molecule is CCC(Br)(CC)C(=O)NC(N)=O.CCOC(=O)[C@H](CCc1ccccc1)N[C@H]1CCc2ccccc2N(CC(=O)O)C1=O. The molecule has 4 amide bonds. The van der Waals surface area contributed by atoms with Gasteiger partial charge in [-0.2, -0.15) is 0 Å². The van der Waals surface area contributed by atoms with Crippen molar-refractivity contribution >= 4 is 51.4 Å². The number of halogens is 1. The Labute approximate surface area is 260 Å². The zero-order valence-electron chi connectivity index (χ0n) is 24.8. The molecule has 0 radical (unpaired) electrons. The summed E-state index contributed by atoms with van der Waals surface area (Å²) >= 11 is 3.26. The van der Waals surface area contributed by atoms with E-state index in [1.807, 2.05) is 61.6 Å². The van der Waals surface area contributed by atoms with Crippen LogP contribution in [0.4, 0.5) is 10.5 Å². The number of aryl methyl sites for hydroxylation is 2. The number of rotatable bonds is 12. The van der Waals surface area contributed by atoms with Crippen LogP contribution in [0.25, 0.3) is 0 Å². The molecule has 0 unspecified atom stereocenters. The first-order valence-electron chi connectivity index (χ1n) is 14.3. The number of benzene rings is 2. The third-order valence-corrected chi connectivity index (χ3v) is 8.63. The highest BCUT2D eigenvalue weighted by molar-refractivity contribution is 9.10. The molecule has 0 aliphatic carbocycles. The summed E-state index contributed by atoms with van der Waals surface area (Å²) in [5, 5.41) is 14.6. The Morgan fingerprint density at radius 1 is 1.07 bits per heavy atom. The number of carboxylic acids is 1. The van der Waals surface area contributed by atoms with Gasteiger partial charge >= 0.3 is 18.0 Å². The standard InChI is InChI=1S/C24H28N2O5.C7H13BrN2O2/c1-2-31-24(30)20(14-12-17-8-4-3-5-9-17)25-19-15-13-18-10-6-7-11-21(18)26(23(19)29)16-22(27)28;1-3-7(8,4-2)5(11)10-6(9)12/h3-11,19-20,25H,2,12-16H2,1H3,(H,27,28);3-4H2,1-2H3,(H3,9,10,11,12)/t19-,20-;/m0./s1. The van der Waals surface area contributed by atoms with Gasteiger partial charge in [0, 0.05) is 5.69 Å². The Morgan fingerprint density at radius 2 is 1.70 bits per heavy atom. The van der Waals surface area contributed by atoms with Crippen LogP contribution in [0.3, 0.4) is 0 Å². The molecule has 2 aromatic rings. The van der Waals surface area contributed by atoms with Crippen LogP contribution in [-0.2, 0) is 36.8 Å². The van der Waals surface area contributed by atoms with Crippen LogP contribution in [-0.4, -0.2) is 64.5 Å². The zero-order chi connectivity index (χ0) is 32.0. The van der Waals surface area contributed by atoms with Gasteiger partial charge in [0.05, 0.1) is 12.6 Å². The summed E-state index contributed by atoms with van der Waals surface area (Å²) in [6, 6.07) is 15.0. The quantitative estimate of drug-likeness (QED) is 0.197. The molecule has 12 heteroatoms. The minimum Gasteiger partial charge on any atom is -0.480 e. The number of aliphatic carboxylic acids is 1. The van der Waals surface area contributed by atoms with E-state index in [1.54, 1.807) is 19.1 Å². The number of hydrogen-bond acceptors (Lipinski definition) is 7. The van der Waals surface area contributed by atoms with Crippen LogP contribution >= 0.6 is 15.9 Å². The Balaban J connectivity index is 0.000000455. The average Bonchev–Trinajstić information content (AvgIpc) is 3.11. The van der Waals surface area contributed by atoms with Gasteiger partial charge in [0.2, 0.25) is 11.8 Å². The van der Waals surface area contributed by atoms with Crippen molar-refractivity contribution in [3.63, 3.8) is 0 Å². The number of nitrogens with zero attached hydrogens (tertiary/aromatic N) is 1. The largest absolute Gasteiger partial charge is 0.480 e. The van der Waals surface area contributed by atoms with Crippen molar-refractivity contribution in [1.29, 1.82) is 0 Å². The Hall–Kier alpha value is -3.77. The smallest absolute Gasteiger partial charge is 0.323 e. The third kappa shape index (κ3) is 10.8. The number of carbonyl (C=O) groups is 5. The molecule has 0 spiro atoms. The van der Waals surface area contributed by atoms with Gasteiger partial charge in [0.25, 0.3) is 0 Å². The molecule has 1 heterocycles. The molecule has 0 bridgehead atoms. The van der Waals surface area contributed by atoms with E-state index in [-0.39, 0.29) is 18.4 Å². The Kier molecular flexibility index (Phi) is 14.3. The molecule has 5 N–H and O–H groups in total. The van der Waals surface area contributed by atoms with E-state index in [1.165, 1.54) is 4.90 Å². The molecule has 2 aromatic carbocycles. The van der Waals surface area contributed by atoms with Crippen LogP contribution in [0.1, 0.15) is 57.6 Å². The number of fused-ring (bicyclic) bond motifs is 1. The summed E-state index contributed by atoms with van der Waals surface area (Å²) in [5.41, 5.74) is 7.42. The molecule has 11 nitrogen and oxygen atoms in total. The maximum absolute atomic E-state index is 13.3. The van der Waals surface area contributed by atoms with Crippen molar-refractivity contribution in [3.05, 3.63) is 65.7 Å². The van der Waals surface area contributed by atoms with E-state index in [2.05, 4.69) is 21.2 Å². The lowest BCUT2D eigenvalue weighted by Gasteiger charge is -2.27. The average molecular weight is 662 g/mol. The first-order chi connectivity index (χ1) is 20.4. The van der Waals surface area contributed by atoms with E-state index in [4.69, 9.17) is 10.5 Å². The molecular formula is C31H41BrN4O7. The molecule has 0 fully saturated rings. The number of urea groups is 1. The number of hydrogen-bond donors (Lipinski definition) is 4. The highest BCUT2D eigenvalue weighted by Crippen LogP contribution is 2.28. The van der Waals surface area contributed by atoms with Crippen LogP contribution in [0.2, 0.25) is 0 Å². The highest BCUT2D eigenvalue weighted by atomic mass is 79.9. The van der Waals surface area contributed by atoms with Gasteiger partial charge in [-0.05, 0) is 62.6 Å². The number of alkyl halides is 1. The van der Waals surface area contributed by atoms with Gasteiger partial charge in [-0.3, -0.25) is 34.7 Å². The fourth-order valence-electron chi connectivity index (χ4n) is 4.67. The minimum atomic E-state index is -1.09. The van der Waals surface area contributed by atoms with Crippen molar-refractivity contribution < 1.29 is 33.8 Å². The number of imide groups is 1. The van der Waals surface area contributed by atoms with Gasteiger partial charge in [-0.1, -0.05) is 78.3 Å². The number of primary amides is 1. The Bertz CT molecular complexity index is 1250. The fourth-order valence-corrected chi connectivity index (χ4v) is 4.77. The van der Waals surface area contributed by atoms with Crippen LogP contribution < -0.4 is 21.3 Å². The monoisotopic (exact) mass is 660 g/mol. The number of carbonyl (C=O) groups excluding carboxylic acids is 4. The molecular weight excluding hydrogens is 620 g/mol. The number of nitrogens with one attached hydrogen (secondary N) is 2. The van der Waals surface area contributed by atoms with Crippen LogP contribution in [0.15, 0.2) is 54.6 Å². The second-order valence-electron chi connectivity index (χ2n) is 10.0. The molecule has 43 heavy (non-hydrogen) atoms. The number of esters is 1. The maximum Gasteiger partial charge on any atom is 0.323 e. The molecule has 1 aliphatic heterocycles. The van der Waals surface area contributed by atoms with E-state index in [0.29, 0.717) is 44.2 Å². The van der Waals surface area contributed by atoms with Gasteiger partial charge in [-0.25, -0.2) is 4.79 Å². The van der Waals surface area contributed by atoms with Crippen molar-refractivity contribution in [1.82, 2.24) is 10.6 Å². The van der Waals surface area contributed by atoms with Gasteiger partial charge in [0.1, 0.15) is 16.9 Å². The maximum atomic E-state index is 13.3. The summed E-state index contributed by atoms with van der Waals surface area (Å²) in [4.78, 5) is 60.2. The lowest BCUT2D eigenvalue weighted by atomic mass is 10.0. The number of amides is 4. The van der Waals surface area contributed by atoms with E-state index in [9.17, 15) is 29.1 Å². The topological polar surface area (TPSA) is 168 Å². The van der Waals surface area contributed by atoms with Crippen LogP contribution in [0, 0.1) is 0 Å².